The van der Waals surface area contributed by atoms with Gasteiger partial charge in [-0.3, -0.25) is 0 Å². The zero-order chi connectivity index (χ0) is 13.2. The highest BCUT2D eigenvalue weighted by Crippen LogP contribution is 2.26. The Morgan fingerprint density at radius 1 is 1.11 bits per heavy atom. The van der Waals surface area contributed by atoms with Gasteiger partial charge in [0, 0.05) is 5.56 Å². The van der Waals surface area contributed by atoms with Gasteiger partial charge in [0.2, 0.25) is 0 Å². The van der Waals surface area contributed by atoms with Crippen molar-refractivity contribution in [1.29, 1.82) is 0 Å². The number of hydrogen-bond acceptors (Lipinski definition) is 2. The van der Waals surface area contributed by atoms with Crippen LogP contribution in [0.2, 0.25) is 0 Å². The normalized spacial score (nSPS) is 13.3. The lowest BCUT2D eigenvalue weighted by Gasteiger charge is -2.09. The van der Waals surface area contributed by atoms with E-state index in [9.17, 15) is 4.39 Å². The Kier molecular flexibility index (Phi) is 3.11. The minimum Gasteiger partial charge on any atom is -0.489 e. The van der Waals surface area contributed by atoms with Crippen LogP contribution in [0.4, 0.5) is 10.1 Å². The Labute approximate surface area is 112 Å². The van der Waals surface area contributed by atoms with Gasteiger partial charge >= 0.3 is 0 Å². The fourth-order valence-electron chi connectivity index (χ4n) is 2.51. The number of nitrogens with two attached hydrogens (primary N) is 1. The number of fused-ring (bicyclic) bond motifs is 1. The molecule has 0 bridgehead atoms. The Bertz CT molecular complexity index is 610. The molecule has 98 valence electrons. The van der Waals surface area contributed by atoms with Crippen LogP contribution in [0.5, 0.6) is 5.75 Å². The van der Waals surface area contributed by atoms with Gasteiger partial charge in [-0.2, -0.15) is 0 Å². The van der Waals surface area contributed by atoms with E-state index in [-0.39, 0.29) is 18.1 Å². The second-order valence-corrected chi connectivity index (χ2v) is 4.89. The van der Waals surface area contributed by atoms with Gasteiger partial charge in [-0.1, -0.05) is 18.2 Å². The smallest absolute Gasteiger partial charge is 0.152 e. The third kappa shape index (κ3) is 2.41. The van der Waals surface area contributed by atoms with E-state index >= 15 is 0 Å². The summed E-state index contributed by atoms with van der Waals surface area (Å²) in [6.07, 6.45) is 3.47. The standard InChI is InChI=1S/C16H16FNO/c17-16-13(5-2-6-15(16)18)10-19-14-8-7-11-3-1-4-12(11)9-14/h2,5-9H,1,3-4,10,18H2. The van der Waals surface area contributed by atoms with Gasteiger partial charge < -0.3 is 10.5 Å². The molecule has 3 rings (SSSR count). The van der Waals surface area contributed by atoms with Crippen molar-refractivity contribution in [2.75, 3.05) is 5.73 Å². The summed E-state index contributed by atoms with van der Waals surface area (Å²) in [5, 5.41) is 0. The van der Waals surface area contributed by atoms with Crippen LogP contribution < -0.4 is 10.5 Å². The minimum atomic E-state index is -0.385. The van der Waals surface area contributed by atoms with E-state index in [2.05, 4.69) is 12.1 Å². The van der Waals surface area contributed by atoms with Crippen LogP contribution in [-0.4, -0.2) is 0 Å². The number of nitrogen functional groups attached to an aromatic ring is 1. The first kappa shape index (κ1) is 12.0. The van der Waals surface area contributed by atoms with E-state index < -0.39 is 0 Å². The number of anilines is 1. The van der Waals surface area contributed by atoms with Crippen molar-refractivity contribution >= 4 is 5.69 Å². The zero-order valence-corrected chi connectivity index (χ0v) is 10.7. The molecule has 0 saturated carbocycles. The van der Waals surface area contributed by atoms with Crippen molar-refractivity contribution in [3.05, 3.63) is 58.9 Å². The molecule has 0 heterocycles. The first-order chi connectivity index (χ1) is 9.24. The van der Waals surface area contributed by atoms with Gasteiger partial charge in [-0.15, -0.1) is 0 Å². The molecule has 0 fully saturated rings. The lowest BCUT2D eigenvalue weighted by Crippen LogP contribution is -2.01. The molecular formula is C16H16FNO. The molecule has 0 radical (unpaired) electrons. The van der Waals surface area contributed by atoms with Crippen LogP contribution >= 0.6 is 0 Å². The quantitative estimate of drug-likeness (QED) is 0.854. The van der Waals surface area contributed by atoms with Gasteiger partial charge in [0.05, 0.1) is 5.69 Å². The van der Waals surface area contributed by atoms with Crippen molar-refractivity contribution in [3.8, 4) is 5.75 Å². The first-order valence-corrected chi connectivity index (χ1v) is 6.51. The number of aryl methyl sites for hydroxylation is 2. The first-order valence-electron chi connectivity index (χ1n) is 6.51. The summed E-state index contributed by atoms with van der Waals surface area (Å²) in [6.45, 7) is 0.204. The van der Waals surface area contributed by atoms with Crippen LogP contribution in [0.25, 0.3) is 0 Å². The highest BCUT2D eigenvalue weighted by molar-refractivity contribution is 5.43. The Hall–Kier alpha value is -2.03. The average molecular weight is 257 g/mol. The summed E-state index contributed by atoms with van der Waals surface area (Å²) in [6, 6.07) is 11.1. The fraction of sp³-hybridized carbons (Fsp3) is 0.250. The number of halogens is 1. The van der Waals surface area contributed by atoms with Crippen molar-refractivity contribution in [2.24, 2.45) is 0 Å². The lowest BCUT2D eigenvalue weighted by atomic mass is 10.1. The Morgan fingerprint density at radius 2 is 1.95 bits per heavy atom. The maximum atomic E-state index is 13.7. The van der Waals surface area contributed by atoms with Crippen molar-refractivity contribution in [1.82, 2.24) is 0 Å². The molecule has 0 atom stereocenters. The topological polar surface area (TPSA) is 35.2 Å². The van der Waals surface area contributed by atoms with Crippen LogP contribution in [0.15, 0.2) is 36.4 Å². The summed E-state index contributed by atoms with van der Waals surface area (Å²) in [5.74, 6) is 0.408. The summed E-state index contributed by atoms with van der Waals surface area (Å²) in [7, 11) is 0. The predicted molar refractivity (Wildman–Crippen MR) is 73.6 cm³/mol. The van der Waals surface area contributed by atoms with Crippen LogP contribution in [0.1, 0.15) is 23.1 Å². The van der Waals surface area contributed by atoms with E-state index in [1.165, 1.54) is 17.5 Å². The van der Waals surface area contributed by atoms with Crippen LogP contribution in [0.3, 0.4) is 0 Å². The fourth-order valence-corrected chi connectivity index (χ4v) is 2.51. The summed E-state index contributed by atoms with van der Waals surface area (Å²) in [4.78, 5) is 0. The van der Waals surface area contributed by atoms with Crippen LogP contribution in [0, 0.1) is 5.82 Å². The number of ether oxygens (including phenoxy) is 1. The Balaban J connectivity index is 1.74. The molecule has 2 N–H and O–H groups in total. The van der Waals surface area contributed by atoms with E-state index in [0.717, 1.165) is 18.6 Å². The molecule has 0 aromatic heterocycles. The summed E-state index contributed by atoms with van der Waals surface area (Å²) >= 11 is 0. The monoisotopic (exact) mass is 257 g/mol. The van der Waals surface area contributed by atoms with Crippen molar-refractivity contribution in [3.63, 3.8) is 0 Å². The molecule has 0 amide bonds. The molecule has 1 aliphatic carbocycles. The second-order valence-electron chi connectivity index (χ2n) is 4.89. The molecule has 3 heteroatoms. The van der Waals surface area contributed by atoms with Crippen LogP contribution in [-0.2, 0) is 19.4 Å². The molecule has 0 aliphatic heterocycles. The lowest BCUT2D eigenvalue weighted by molar-refractivity contribution is 0.300. The molecule has 0 saturated heterocycles. The third-order valence-electron chi connectivity index (χ3n) is 3.57. The van der Waals surface area contributed by atoms with Gasteiger partial charge in [0.1, 0.15) is 12.4 Å². The number of benzene rings is 2. The highest BCUT2D eigenvalue weighted by Gasteiger charge is 2.12. The zero-order valence-electron chi connectivity index (χ0n) is 10.7. The molecule has 0 spiro atoms. The van der Waals surface area contributed by atoms with Gasteiger partial charge in [0.15, 0.2) is 5.82 Å². The summed E-state index contributed by atoms with van der Waals surface area (Å²) in [5.41, 5.74) is 8.94. The number of hydrogen-bond donors (Lipinski definition) is 1. The highest BCUT2D eigenvalue weighted by atomic mass is 19.1. The molecule has 1 aliphatic rings. The Morgan fingerprint density at radius 3 is 2.84 bits per heavy atom. The van der Waals surface area contributed by atoms with Gasteiger partial charge in [0.25, 0.3) is 0 Å². The van der Waals surface area contributed by atoms with E-state index in [1.54, 1.807) is 18.2 Å². The van der Waals surface area contributed by atoms with Gasteiger partial charge in [-0.05, 0) is 48.6 Å². The van der Waals surface area contributed by atoms with Crippen molar-refractivity contribution in [2.45, 2.75) is 25.9 Å². The molecule has 2 aromatic carbocycles. The number of rotatable bonds is 3. The average Bonchev–Trinajstić information content (AvgIpc) is 2.88. The third-order valence-corrected chi connectivity index (χ3v) is 3.57. The SMILES string of the molecule is Nc1cccc(COc2ccc3c(c2)CCC3)c1F. The largest absolute Gasteiger partial charge is 0.489 e. The molecule has 0 unspecified atom stereocenters. The molecular weight excluding hydrogens is 241 g/mol. The molecule has 2 nitrogen and oxygen atoms in total. The van der Waals surface area contributed by atoms with Crippen molar-refractivity contribution < 1.29 is 9.13 Å². The maximum Gasteiger partial charge on any atom is 0.152 e. The minimum absolute atomic E-state index is 0.162. The maximum absolute atomic E-state index is 13.7. The molecule has 19 heavy (non-hydrogen) atoms. The molecule has 2 aromatic rings. The predicted octanol–water partition coefficient (Wildman–Crippen LogP) is 3.48. The van der Waals surface area contributed by atoms with E-state index in [1.807, 2.05) is 6.07 Å². The van der Waals surface area contributed by atoms with E-state index in [0.29, 0.717) is 5.56 Å². The summed E-state index contributed by atoms with van der Waals surface area (Å²) < 4.78 is 19.4. The second kappa shape index (κ2) is 4.92. The van der Waals surface area contributed by atoms with Gasteiger partial charge in [-0.25, -0.2) is 4.39 Å². The van der Waals surface area contributed by atoms with E-state index in [4.69, 9.17) is 10.5 Å².